The lowest BCUT2D eigenvalue weighted by Crippen LogP contribution is -2.39. The number of fused-ring (bicyclic) bond motifs is 1. The minimum atomic E-state index is -0.157. The molecule has 0 bridgehead atoms. The smallest absolute Gasteiger partial charge is 0.272 e. The predicted molar refractivity (Wildman–Crippen MR) is 134 cm³/mol. The molecule has 6 nitrogen and oxygen atoms in total. The number of hydrogen-bond donors (Lipinski definition) is 2. The second kappa shape index (κ2) is 12.0. The van der Waals surface area contributed by atoms with Gasteiger partial charge in [0.05, 0.1) is 17.2 Å². The summed E-state index contributed by atoms with van der Waals surface area (Å²) < 4.78 is 5.51. The van der Waals surface area contributed by atoms with Crippen molar-refractivity contribution < 1.29 is 4.74 Å². The van der Waals surface area contributed by atoms with E-state index in [0.717, 1.165) is 41.8 Å². The van der Waals surface area contributed by atoms with Gasteiger partial charge in [-0.05, 0) is 57.0 Å². The van der Waals surface area contributed by atoms with Crippen LogP contribution in [0.5, 0.6) is 0 Å². The Kier molecular flexibility index (Phi) is 9.09. The summed E-state index contributed by atoms with van der Waals surface area (Å²) in [5, 5.41) is 12.0. The number of methoxy groups -OCH3 is 1. The fraction of sp³-hybridized carbons (Fsp3) is 0.440. The Labute approximate surface area is 195 Å². The van der Waals surface area contributed by atoms with Gasteiger partial charge in [-0.2, -0.15) is 5.10 Å². The molecule has 2 N–H and O–H groups in total. The number of halogens is 1. The monoisotopic (exact) mass is 456 g/mol. The number of ether oxygens (including phenoxy) is 1. The first-order valence-electron chi connectivity index (χ1n) is 11.3. The van der Waals surface area contributed by atoms with Crippen molar-refractivity contribution in [2.75, 3.05) is 38.6 Å². The van der Waals surface area contributed by atoms with Gasteiger partial charge in [0.2, 0.25) is 0 Å². The van der Waals surface area contributed by atoms with Crippen molar-refractivity contribution in [2.24, 2.45) is 0 Å². The maximum atomic E-state index is 12.0. The van der Waals surface area contributed by atoms with Gasteiger partial charge in [-0.3, -0.25) is 4.79 Å². The summed E-state index contributed by atoms with van der Waals surface area (Å²) in [7, 11) is 1.82. The van der Waals surface area contributed by atoms with Crippen molar-refractivity contribution in [3.8, 4) is 11.3 Å². The zero-order chi connectivity index (χ0) is 21.5. The normalized spacial score (nSPS) is 16.6. The number of anilines is 1. The fourth-order valence-electron chi connectivity index (χ4n) is 4.39. The third-order valence-electron chi connectivity index (χ3n) is 6.11. The lowest BCUT2D eigenvalue weighted by Gasteiger charge is -2.31. The average molecular weight is 457 g/mol. The standard InChI is InChI=1S/C25H32N4O2.ClH/c1-31-21-11-8-16-29(18-21)15-6-2-5-14-26-20-10-7-9-19(17-20)24-22-12-3-4-13-23(22)25(30)28-27-24;/h3-4,7,9-10,12-13,17,21,26H,2,5-6,8,11,14-16,18H2,1H3,(H,28,30);1H/t21-;/m1./s1. The maximum absolute atomic E-state index is 12.0. The van der Waals surface area contributed by atoms with Crippen molar-refractivity contribution in [3.63, 3.8) is 0 Å². The predicted octanol–water partition coefficient (Wildman–Crippen LogP) is 4.70. The summed E-state index contributed by atoms with van der Waals surface area (Å²) in [5.41, 5.74) is 2.72. The number of likely N-dealkylation sites (tertiary alicyclic amines) is 1. The summed E-state index contributed by atoms with van der Waals surface area (Å²) in [5.74, 6) is 0. The van der Waals surface area contributed by atoms with Crippen LogP contribution in [0.3, 0.4) is 0 Å². The lowest BCUT2D eigenvalue weighted by molar-refractivity contribution is 0.0309. The van der Waals surface area contributed by atoms with Crippen molar-refractivity contribution >= 4 is 28.9 Å². The average Bonchev–Trinajstić information content (AvgIpc) is 2.82. The Morgan fingerprint density at radius 3 is 2.81 bits per heavy atom. The molecule has 0 saturated carbocycles. The van der Waals surface area contributed by atoms with E-state index in [0.29, 0.717) is 11.5 Å². The number of benzene rings is 2. The number of aromatic nitrogens is 2. The molecule has 0 radical (unpaired) electrons. The molecule has 0 spiro atoms. The number of unbranched alkanes of at least 4 members (excludes halogenated alkanes) is 2. The van der Waals surface area contributed by atoms with Crippen LogP contribution in [0.4, 0.5) is 5.69 Å². The molecule has 32 heavy (non-hydrogen) atoms. The fourth-order valence-corrected chi connectivity index (χ4v) is 4.39. The van der Waals surface area contributed by atoms with Crippen LogP contribution in [0.15, 0.2) is 53.3 Å². The van der Waals surface area contributed by atoms with Crippen LogP contribution in [0, 0.1) is 0 Å². The van der Waals surface area contributed by atoms with E-state index >= 15 is 0 Å². The van der Waals surface area contributed by atoms with Crippen molar-refractivity contribution in [1.82, 2.24) is 15.1 Å². The Balaban J connectivity index is 0.00000289. The zero-order valence-corrected chi connectivity index (χ0v) is 19.5. The van der Waals surface area contributed by atoms with Crippen LogP contribution in [0.2, 0.25) is 0 Å². The van der Waals surface area contributed by atoms with E-state index in [1.54, 1.807) is 0 Å². The number of nitrogens with one attached hydrogen (secondary N) is 2. The van der Waals surface area contributed by atoms with Crippen molar-refractivity contribution in [1.29, 1.82) is 0 Å². The summed E-state index contributed by atoms with van der Waals surface area (Å²) in [6.45, 7) is 4.40. The van der Waals surface area contributed by atoms with Gasteiger partial charge in [-0.1, -0.05) is 36.8 Å². The van der Waals surface area contributed by atoms with E-state index in [9.17, 15) is 4.79 Å². The summed E-state index contributed by atoms with van der Waals surface area (Å²) >= 11 is 0. The molecule has 3 aromatic rings. The summed E-state index contributed by atoms with van der Waals surface area (Å²) in [6.07, 6.45) is 6.44. The van der Waals surface area contributed by atoms with E-state index in [-0.39, 0.29) is 18.0 Å². The van der Waals surface area contributed by atoms with Gasteiger partial charge in [0.15, 0.2) is 0 Å². The molecule has 7 heteroatoms. The third-order valence-corrected chi connectivity index (χ3v) is 6.11. The molecule has 0 amide bonds. The number of nitrogens with zero attached hydrogens (tertiary/aromatic N) is 2. The Morgan fingerprint density at radius 1 is 1.12 bits per heavy atom. The van der Waals surface area contributed by atoms with Crippen LogP contribution < -0.4 is 10.9 Å². The molecule has 0 unspecified atom stereocenters. The highest BCUT2D eigenvalue weighted by Gasteiger charge is 2.18. The molecule has 1 fully saturated rings. The highest BCUT2D eigenvalue weighted by atomic mass is 35.5. The minimum Gasteiger partial charge on any atom is -0.385 e. The highest BCUT2D eigenvalue weighted by Crippen LogP contribution is 2.26. The molecule has 2 heterocycles. The minimum absolute atomic E-state index is 0. The molecule has 1 aliphatic rings. The molecule has 2 aromatic carbocycles. The van der Waals surface area contributed by atoms with E-state index in [1.807, 2.05) is 43.5 Å². The second-order valence-electron chi connectivity index (χ2n) is 8.32. The molecule has 1 atom stereocenters. The van der Waals surface area contributed by atoms with Crippen molar-refractivity contribution in [3.05, 3.63) is 58.9 Å². The number of hydrogen-bond acceptors (Lipinski definition) is 5. The molecule has 172 valence electrons. The Hall–Kier alpha value is -2.41. The Morgan fingerprint density at radius 2 is 1.97 bits per heavy atom. The largest absolute Gasteiger partial charge is 0.385 e. The zero-order valence-electron chi connectivity index (χ0n) is 18.7. The van der Waals surface area contributed by atoms with Gasteiger partial charge in [0.1, 0.15) is 0 Å². The first-order chi connectivity index (χ1) is 15.2. The van der Waals surface area contributed by atoms with Gasteiger partial charge >= 0.3 is 0 Å². The molecule has 1 aliphatic heterocycles. The number of H-pyrrole nitrogens is 1. The SMILES string of the molecule is CO[C@@H]1CCCN(CCCCCNc2cccc(-c3n[nH]c(=O)c4ccccc34)c2)C1.Cl. The van der Waals surface area contributed by atoms with Crippen LogP contribution in [-0.4, -0.2) is 54.5 Å². The third kappa shape index (κ3) is 6.09. The number of rotatable bonds is 9. The van der Waals surface area contributed by atoms with Gasteiger partial charge in [0, 0.05) is 36.8 Å². The molecular weight excluding hydrogens is 424 g/mol. The van der Waals surface area contributed by atoms with E-state index in [4.69, 9.17) is 4.74 Å². The van der Waals surface area contributed by atoms with Gasteiger partial charge in [0.25, 0.3) is 5.56 Å². The number of aromatic amines is 1. The quantitative estimate of drug-likeness (QED) is 0.456. The van der Waals surface area contributed by atoms with Crippen LogP contribution in [-0.2, 0) is 4.74 Å². The second-order valence-corrected chi connectivity index (χ2v) is 8.32. The Bertz CT molecular complexity index is 1060. The van der Waals surface area contributed by atoms with Gasteiger partial charge in [-0.25, -0.2) is 5.10 Å². The van der Waals surface area contributed by atoms with E-state index in [1.165, 1.54) is 38.8 Å². The lowest BCUT2D eigenvalue weighted by atomic mass is 10.0. The van der Waals surface area contributed by atoms with E-state index < -0.39 is 0 Å². The summed E-state index contributed by atoms with van der Waals surface area (Å²) in [6, 6.07) is 15.8. The molecular formula is C25H33ClN4O2. The topological polar surface area (TPSA) is 70.2 Å². The molecule has 1 aromatic heterocycles. The highest BCUT2D eigenvalue weighted by molar-refractivity contribution is 5.94. The van der Waals surface area contributed by atoms with Gasteiger partial charge in [-0.15, -0.1) is 12.4 Å². The molecule has 0 aliphatic carbocycles. The molecule has 1 saturated heterocycles. The first kappa shape index (κ1) is 24.2. The molecule has 4 rings (SSSR count). The summed E-state index contributed by atoms with van der Waals surface area (Å²) in [4.78, 5) is 14.6. The van der Waals surface area contributed by atoms with Crippen LogP contribution >= 0.6 is 12.4 Å². The number of piperidine rings is 1. The van der Waals surface area contributed by atoms with Crippen LogP contribution in [0.25, 0.3) is 22.0 Å². The maximum Gasteiger partial charge on any atom is 0.272 e. The van der Waals surface area contributed by atoms with Crippen LogP contribution in [0.1, 0.15) is 32.1 Å². The van der Waals surface area contributed by atoms with Crippen molar-refractivity contribution in [2.45, 2.75) is 38.2 Å². The van der Waals surface area contributed by atoms with Gasteiger partial charge < -0.3 is 15.0 Å². The first-order valence-corrected chi connectivity index (χ1v) is 11.3. The van der Waals surface area contributed by atoms with E-state index in [2.05, 4.69) is 32.5 Å².